The van der Waals surface area contributed by atoms with Gasteiger partial charge >= 0.3 is 0 Å². The van der Waals surface area contributed by atoms with E-state index in [2.05, 4.69) is 34.4 Å². The van der Waals surface area contributed by atoms with E-state index in [-0.39, 0.29) is 0 Å². The molecule has 23 heavy (non-hydrogen) atoms. The molecule has 3 aromatic rings. The highest BCUT2D eigenvalue weighted by Gasteiger charge is 2.18. The number of aromatic nitrogens is 1. The molecule has 0 radical (unpaired) electrons. The van der Waals surface area contributed by atoms with Crippen LogP contribution in [0.1, 0.15) is 12.0 Å². The third kappa shape index (κ3) is 2.54. The molecular weight excluding hydrogens is 304 g/mol. The molecule has 1 fully saturated rings. The molecule has 1 saturated heterocycles. The molecule has 5 heteroatoms. The monoisotopic (exact) mass is 322 g/mol. The van der Waals surface area contributed by atoms with Crippen LogP contribution in [-0.4, -0.2) is 43.1 Å². The maximum Gasteiger partial charge on any atom is 0.138 e. The fourth-order valence-electron chi connectivity index (χ4n) is 3.25. The number of nitriles is 1. The van der Waals surface area contributed by atoms with Crippen molar-refractivity contribution in [1.82, 2.24) is 9.88 Å². The molecule has 4 rings (SSSR count). The standard InChI is InChI=1S/C18H18N4S/c1-21-6-2-7-22(9-8-21)18-15-5-10-23-17(15)14-4-3-13(12-19)11-16(14)20-18/h3-5,10-11H,2,6-9H2,1H3. The fraction of sp³-hybridized carbons (Fsp3) is 0.333. The average molecular weight is 322 g/mol. The lowest BCUT2D eigenvalue weighted by Gasteiger charge is -2.23. The quantitative estimate of drug-likeness (QED) is 0.688. The van der Waals surface area contributed by atoms with E-state index in [1.165, 1.54) is 10.1 Å². The van der Waals surface area contributed by atoms with Crippen LogP contribution >= 0.6 is 11.3 Å². The van der Waals surface area contributed by atoms with Gasteiger partial charge in [0.1, 0.15) is 5.82 Å². The van der Waals surface area contributed by atoms with Gasteiger partial charge in [0, 0.05) is 35.1 Å². The molecule has 0 saturated carbocycles. The number of pyridine rings is 1. The van der Waals surface area contributed by atoms with Crippen LogP contribution in [0.3, 0.4) is 0 Å². The number of benzene rings is 1. The van der Waals surface area contributed by atoms with E-state index >= 15 is 0 Å². The van der Waals surface area contributed by atoms with E-state index in [1.54, 1.807) is 11.3 Å². The van der Waals surface area contributed by atoms with Gasteiger partial charge in [-0.1, -0.05) is 6.07 Å². The number of hydrogen-bond donors (Lipinski definition) is 0. The Bertz CT molecular complexity index is 908. The Morgan fingerprint density at radius 3 is 2.91 bits per heavy atom. The second-order valence-corrected chi connectivity index (χ2v) is 7.00. The second kappa shape index (κ2) is 5.80. The van der Waals surface area contributed by atoms with E-state index in [0.717, 1.165) is 49.3 Å². The van der Waals surface area contributed by atoms with Crippen molar-refractivity contribution >= 4 is 38.1 Å². The Morgan fingerprint density at radius 1 is 1.13 bits per heavy atom. The lowest BCUT2D eigenvalue weighted by Crippen LogP contribution is -2.29. The molecule has 0 spiro atoms. The summed E-state index contributed by atoms with van der Waals surface area (Å²) in [5.74, 6) is 1.07. The van der Waals surface area contributed by atoms with Crippen LogP contribution in [0.2, 0.25) is 0 Å². The van der Waals surface area contributed by atoms with Crippen LogP contribution in [0.4, 0.5) is 5.82 Å². The van der Waals surface area contributed by atoms with E-state index in [1.807, 2.05) is 18.2 Å². The minimum atomic E-state index is 0.669. The number of fused-ring (bicyclic) bond motifs is 3. The first-order valence-electron chi connectivity index (χ1n) is 7.91. The van der Waals surface area contributed by atoms with Crippen molar-refractivity contribution in [2.45, 2.75) is 6.42 Å². The third-order valence-corrected chi connectivity index (χ3v) is 5.47. The van der Waals surface area contributed by atoms with Gasteiger partial charge in [-0.2, -0.15) is 5.26 Å². The van der Waals surface area contributed by atoms with Crippen LogP contribution in [0.25, 0.3) is 21.0 Å². The minimum absolute atomic E-state index is 0.669. The van der Waals surface area contributed by atoms with Gasteiger partial charge < -0.3 is 9.80 Å². The smallest absolute Gasteiger partial charge is 0.138 e. The number of hydrogen-bond acceptors (Lipinski definition) is 5. The van der Waals surface area contributed by atoms with E-state index in [0.29, 0.717) is 5.56 Å². The van der Waals surface area contributed by atoms with Gasteiger partial charge in [-0.05, 0) is 43.6 Å². The topological polar surface area (TPSA) is 43.2 Å². The van der Waals surface area contributed by atoms with Gasteiger partial charge in [-0.25, -0.2) is 4.98 Å². The molecule has 4 nitrogen and oxygen atoms in total. The SMILES string of the molecule is CN1CCCN(c2nc3cc(C#N)ccc3c3sccc23)CC1. The highest BCUT2D eigenvalue weighted by molar-refractivity contribution is 7.18. The van der Waals surface area contributed by atoms with Crippen LogP contribution in [0.15, 0.2) is 29.6 Å². The summed E-state index contributed by atoms with van der Waals surface area (Å²) in [5.41, 5.74) is 1.59. The normalized spacial score (nSPS) is 16.6. The molecule has 3 heterocycles. The summed E-state index contributed by atoms with van der Waals surface area (Å²) in [6.07, 6.45) is 1.15. The molecule has 0 unspecified atom stereocenters. The Labute approximate surface area is 139 Å². The van der Waals surface area contributed by atoms with Crippen molar-refractivity contribution in [3.8, 4) is 6.07 Å². The maximum atomic E-state index is 9.16. The summed E-state index contributed by atoms with van der Waals surface area (Å²) in [6, 6.07) is 10.2. The number of thiophene rings is 1. The van der Waals surface area contributed by atoms with Crippen LogP contribution < -0.4 is 4.90 Å². The first-order valence-corrected chi connectivity index (χ1v) is 8.79. The molecule has 0 bridgehead atoms. The predicted molar refractivity (Wildman–Crippen MR) is 96.2 cm³/mol. The summed E-state index contributed by atoms with van der Waals surface area (Å²) in [4.78, 5) is 9.71. The largest absolute Gasteiger partial charge is 0.355 e. The van der Waals surface area contributed by atoms with Gasteiger partial charge in [0.25, 0.3) is 0 Å². The lowest BCUT2D eigenvalue weighted by molar-refractivity contribution is 0.360. The molecule has 2 aromatic heterocycles. The maximum absolute atomic E-state index is 9.16. The summed E-state index contributed by atoms with van der Waals surface area (Å²) in [6.45, 7) is 4.22. The van der Waals surface area contributed by atoms with Gasteiger partial charge in [-0.3, -0.25) is 0 Å². The molecule has 0 atom stereocenters. The van der Waals surface area contributed by atoms with Crippen molar-refractivity contribution in [3.63, 3.8) is 0 Å². The van der Waals surface area contributed by atoms with Crippen molar-refractivity contribution < 1.29 is 0 Å². The molecular formula is C18H18N4S. The lowest BCUT2D eigenvalue weighted by atomic mass is 10.1. The molecule has 0 amide bonds. The Balaban J connectivity index is 1.90. The summed E-state index contributed by atoms with van der Waals surface area (Å²) >= 11 is 1.75. The highest BCUT2D eigenvalue weighted by atomic mass is 32.1. The van der Waals surface area contributed by atoms with Crippen molar-refractivity contribution in [2.75, 3.05) is 38.1 Å². The molecule has 1 aromatic carbocycles. The van der Waals surface area contributed by atoms with Gasteiger partial charge in [0.15, 0.2) is 0 Å². The van der Waals surface area contributed by atoms with Crippen LogP contribution in [0.5, 0.6) is 0 Å². The Morgan fingerprint density at radius 2 is 2.04 bits per heavy atom. The molecule has 1 aliphatic rings. The van der Waals surface area contributed by atoms with Crippen molar-refractivity contribution in [1.29, 1.82) is 5.26 Å². The summed E-state index contributed by atoms with van der Waals surface area (Å²) < 4.78 is 1.27. The van der Waals surface area contributed by atoms with E-state index in [4.69, 9.17) is 10.2 Å². The number of nitrogens with zero attached hydrogens (tertiary/aromatic N) is 4. The molecule has 0 aliphatic carbocycles. The van der Waals surface area contributed by atoms with Crippen LogP contribution in [-0.2, 0) is 0 Å². The zero-order valence-electron chi connectivity index (χ0n) is 13.1. The molecule has 1 aliphatic heterocycles. The number of likely N-dealkylation sites (N-methyl/N-ethyl adjacent to an activating group) is 1. The summed E-state index contributed by atoms with van der Waals surface area (Å²) in [7, 11) is 2.18. The minimum Gasteiger partial charge on any atom is -0.355 e. The Kier molecular flexibility index (Phi) is 3.64. The summed E-state index contributed by atoms with van der Waals surface area (Å²) in [5, 5.41) is 13.7. The van der Waals surface area contributed by atoms with Gasteiger partial charge in [-0.15, -0.1) is 11.3 Å². The molecule has 0 N–H and O–H groups in total. The van der Waals surface area contributed by atoms with Gasteiger partial charge in [0.2, 0.25) is 0 Å². The average Bonchev–Trinajstić information content (AvgIpc) is 2.97. The Hall–Kier alpha value is -2.16. The number of anilines is 1. The second-order valence-electron chi connectivity index (χ2n) is 6.09. The van der Waals surface area contributed by atoms with Crippen molar-refractivity contribution in [2.24, 2.45) is 0 Å². The third-order valence-electron chi connectivity index (χ3n) is 4.52. The first kappa shape index (κ1) is 14.4. The van der Waals surface area contributed by atoms with Crippen LogP contribution in [0, 0.1) is 11.3 Å². The van der Waals surface area contributed by atoms with E-state index in [9.17, 15) is 0 Å². The molecule has 116 valence electrons. The zero-order valence-corrected chi connectivity index (χ0v) is 13.9. The zero-order chi connectivity index (χ0) is 15.8. The predicted octanol–water partition coefficient (Wildman–Crippen LogP) is 3.46. The van der Waals surface area contributed by atoms with Gasteiger partial charge in [0.05, 0.1) is 17.1 Å². The van der Waals surface area contributed by atoms with E-state index < -0.39 is 0 Å². The highest BCUT2D eigenvalue weighted by Crippen LogP contribution is 2.35. The first-order chi connectivity index (χ1) is 11.3. The van der Waals surface area contributed by atoms with Crippen molar-refractivity contribution in [3.05, 3.63) is 35.2 Å². The number of rotatable bonds is 1. The fourth-order valence-corrected chi connectivity index (χ4v) is 4.18.